The van der Waals surface area contributed by atoms with E-state index < -0.39 is 35.3 Å². The molecule has 0 aliphatic heterocycles. The number of likely N-dealkylation sites (N-methyl/N-ethyl adjacent to an activating group) is 1. The minimum absolute atomic E-state index is 0.117. The van der Waals surface area contributed by atoms with E-state index in [0.717, 1.165) is 5.56 Å². The Labute approximate surface area is 218 Å². The molecule has 0 aliphatic rings. The zero-order valence-corrected chi connectivity index (χ0v) is 22.5. The summed E-state index contributed by atoms with van der Waals surface area (Å²) in [6.45, 7) is 9.23. The van der Waals surface area contributed by atoms with Crippen molar-refractivity contribution in [2.24, 2.45) is 11.5 Å². The summed E-state index contributed by atoms with van der Waals surface area (Å²) in [4.78, 5) is 40.1. The largest absolute Gasteiger partial charge is 0.508 e. The number of hydrogen-bond acceptors (Lipinski definition) is 5. The number of hydrogen-bond donors (Lipinski definition) is 4. The molecule has 0 saturated carbocycles. The molecule has 0 aromatic heterocycles. The van der Waals surface area contributed by atoms with Gasteiger partial charge in [0.05, 0.1) is 6.04 Å². The number of carbonyl (C=O) groups excluding carboxylic acids is 3. The zero-order valence-electron chi connectivity index (χ0n) is 22.5. The number of rotatable bonds is 10. The highest BCUT2D eigenvalue weighted by molar-refractivity contribution is 5.95. The summed E-state index contributed by atoms with van der Waals surface area (Å²) in [5, 5.41) is 12.9. The van der Waals surface area contributed by atoms with Crippen LogP contribution in [0.4, 0.5) is 4.39 Å². The first kappa shape index (κ1) is 29.8. The summed E-state index contributed by atoms with van der Waals surface area (Å²) in [5.74, 6) is -1.97. The van der Waals surface area contributed by atoms with E-state index in [1.165, 1.54) is 24.1 Å². The third-order valence-corrected chi connectivity index (χ3v) is 6.89. The lowest BCUT2D eigenvalue weighted by molar-refractivity contribution is -0.147. The number of phenolic OH excluding ortho intramolecular Hbond substituents is 1. The maximum Gasteiger partial charge on any atom is 0.246 e. The second-order valence-electron chi connectivity index (χ2n) is 10.7. The summed E-state index contributed by atoms with van der Waals surface area (Å²) < 4.78 is 13.2. The van der Waals surface area contributed by atoms with Gasteiger partial charge in [0.1, 0.15) is 23.1 Å². The van der Waals surface area contributed by atoms with Gasteiger partial charge in [0.15, 0.2) is 0 Å². The fourth-order valence-electron chi connectivity index (χ4n) is 4.09. The highest BCUT2D eigenvalue weighted by Crippen LogP contribution is 2.31. The van der Waals surface area contributed by atoms with Crippen LogP contribution >= 0.6 is 0 Å². The first-order valence-electron chi connectivity index (χ1n) is 12.3. The van der Waals surface area contributed by atoms with E-state index in [9.17, 15) is 23.9 Å². The van der Waals surface area contributed by atoms with Gasteiger partial charge in [-0.2, -0.15) is 0 Å². The van der Waals surface area contributed by atoms with E-state index in [1.54, 1.807) is 44.2 Å². The van der Waals surface area contributed by atoms with Gasteiger partial charge in [-0.25, -0.2) is 4.39 Å². The second kappa shape index (κ2) is 11.7. The number of aromatic hydroxyl groups is 1. The van der Waals surface area contributed by atoms with E-state index in [-0.39, 0.29) is 36.2 Å². The van der Waals surface area contributed by atoms with Crippen molar-refractivity contribution in [3.63, 3.8) is 0 Å². The molecule has 0 spiro atoms. The van der Waals surface area contributed by atoms with Crippen LogP contribution in [0.25, 0.3) is 0 Å². The van der Waals surface area contributed by atoms with Crippen LogP contribution in [0.3, 0.4) is 0 Å². The highest BCUT2D eigenvalue weighted by Gasteiger charge is 2.41. The lowest BCUT2D eigenvalue weighted by atomic mass is 9.84. The molecule has 0 heterocycles. The zero-order chi connectivity index (χ0) is 28.1. The number of primary amides is 1. The number of amides is 3. The number of phenols is 1. The lowest BCUT2D eigenvalue weighted by Gasteiger charge is -2.39. The van der Waals surface area contributed by atoms with Gasteiger partial charge < -0.3 is 26.8 Å². The first-order chi connectivity index (χ1) is 17.1. The molecule has 0 fully saturated rings. The molecule has 37 heavy (non-hydrogen) atoms. The normalized spacial score (nSPS) is 14.8. The Hall–Kier alpha value is -3.46. The minimum atomic E-state index is -1.31. The van der Waals surface area contributed by atoms with Crippen molar-refractivity contribution >= 4 is 17.7 Å². The standard InChI is InChI=1S/C28H39FN4O4/c1-7-28(5,33(6)25(36)21(30)15-17-8-11-19(29)12-9-17)26(37)32-22(24(31)35)16-18-10-13-23(34)20(14-18)27(2,3)4/h8-14,21-22,34H,7,15-16,30H2,1-6H3,(H2,31,35)(H,32,37)/t21-,22-,28+/m0/s1. The summed E-state index contributed by atoms with van der Waals surface area (Å²) >= 11 is 0. The molecule has 3 atom stereocenters. The molecular weight excluding hydrogens is 475 g/mol. The molecule has 0 unspecified atom stereocenters. The van der Waals surface area contributed by atoms with E-state index in [0.29, 0.717) is 11.1 Å². The SMILES string of the molecule is CC[C@](C)(C(=O)N[C@@H](Cc1ccc(O)c(C(C)(C)C)c1)C(N)=O)N(C)C(=O)[C@@H](N)Cc1ccc(F)cc1. The van der Waals surface area contributed by atoms with Crippen LogP contribution in [0.5, 0.6) is 5.75 Å². The van der Waals surface area contributed by atoms with E-state index in [2.05, 4.69) is 5.32 Å². The predicted octanol–water partition coefficient (Wildman–Crippen LogP) is 2.54. The first-order valence-corrected chi connectivity index (χ1v) is 12.3. The molecule has 6 N–H and O–H groups in total. The molecule has 0 aliphatic carbocycles. The fraction of sp³-hybridized carbons (Fsp3) is 0.464. The highest BCUT2D eigenvalue weighted by atomic mass is 19.1. The molecule has 2 aromatic carbocycles. The average Bonchev–Trinajstić information content (AvgIpc) is 2.83. The molecule has 8 nitrogen and oxygen atoms in total. The molecular formula is C28H39FN4O4. The number of halogens is 1. The van der Waals surface area contributed by atoms with Gasteiger partial charge in [0.2, 0.25) is 17.7 Å². The van der Waals surface area contributed by atoms with Crippen molar-refractivity contribution in [1.82, 2.24) is 10.2 Å². The van der Waals surface area contributed by atoms with Crippen molar-refractivity contribution in [3.8, 4) is 5.75 Å². The smallest absolute Gasteiger partial charge is 0.246 e. The summed E-state index contributed by atoms with van der Waals surface area (Å²) in [5.41, 5.74) is 12.2. The van der Waals surface area contributed by atoms with Gasteiger partial charge in [0.25, 0.3) is 0 Å². The van der Waals surface area contributed by atoms with Gasteiger partial charge in [0, 0.05) is 13.5 Å². The lowest BCUT2D eigenvalue weighted by Crippen LogP contribution is -2.62. The van der Waals surface area contributed by atoms with E-state index >= 15 is 0 Å². The minimum Gasteiger partial charge on any atom is -0.508 e. The molecule has 202 valence electrons. The third-order valence-electron chi connectivity index (χ3n) is 6.89. The molecule has 0 radical (unpaired) electrons. The van der Waals surface area contributed by atoms with Crippen molar-refractivity contribution in [1.29, 1.82) is 0 Å². The monoisotopic (exact) mass is 514 g/mol. The summed E-state index contributed by atoms with van der Waals surface area (Å²) in [6, 6.07) is 8.74. The molecule has 3 amide bonds. The topological polar surface area (TPSA) is 139 Å². The van der Waals surface area contributed by atoms with Crippen molar-refractivity contribution in [3.05, 3.63) is 65.0 Å². The number of nitrogens with zero attached hydrogens (tertiary/aromatic N) is 1. The van der Waals surface area contributed by atoms with Crippen LogP contribution in [-0.4, -0.2) is 52.4 Å². The number of nitrogens with one attached hydrogen (secondary N) is 1. The molecule has 9 heteroatoms. The Balaban J connectivity index is 2.20. The van der Waals surface area contributed by atoms with Crippen molar-refractivity contribution in [2.75, 3.05) is 7.05 Å². The Bertz CT molecular complexity index is 1130. The third kappa shape index (κ3) is 7.29. The van der Waals surface area contributed by atoms with Gasteiger partial charge >= 0.3 is 0 Å². The molecule has 0 saturated heterocycles. The molecule has 2 aromatic rings. The predicted molar refractivity (Wildman–Crippen MR) is 141 cm³/mol. The van der Waals surface area contributed by atoms with Gasteiger partial charge in [-0.15, -0.1) is 0 Å². The van der Waals surface area contributed by atoms with Crippen LogP contribution in [0.2, 0.25) is 0 Å². The number of carbonyl (C=O) groups is 3. The van der Waals surface area contributed by atoms with Crippen LogP contribution in [0.1, 0.15) is 57.7 Å². The molecule has 2 rings (SSSR count). The second-order valence-corrected chi connectivity index (χ2v) is 10.7. The number of benzene rings is 2. The van der Waals surface area contributed by atoms with Crippen LogP contribution in [-0.2, 0) is 32.6 Å². The Morgan fingerprint density at radius 1 is 1.03 bits per heavy atom. The maximum absolute atomic E-state index is 13.4. The van der Waals surface area contributed by atoms with Crippen LogP contribution in [0.15, 0.2) is 42.5 Å². The fourth-order valence-corrected chi connectivity index (χ4v) is 4.09. The van der Waals surface area contributed by atoms with Gasteiger partial charge in [-0.3, -0.25) is 14.4 Å². The van der Waals surface area contributed by atoms with E-state index in [4.69, 9.17) is 11.5 Å². The van der Waals surface area contributed by atoms with Gasteiger partial charge in [-0.05, 0) is 60.1 Å². The maximum atomic E-state index is 13.4. The van der Waals surface area contributed by atoms with Crippen molar-refractivity contribution < 1.29 is 23.9 Å². The van der Waals surface area contributed by atoms with Gasteiger partial charge in [-0.1, -0.05) is 52.0 Å². The Kier molecular flexibility index (Phi) is 9.43. The van der Waals surface area contributed by atoms with Crippen LogP contribution < -0.4 is 16.8 Å². The van der Waals surface area contributed by atoms with Crippen LogP contribution in [0, 0.1) is 5.82 Å². The number of nitrogens with two attached hydrogens (primary N) is 2. The molecule has 0 bridgehead atoms. The Morgan fingerprint density at radius 3 is 2.11 bits per heavy atom. The summed E-state index contributed by atoms with van der Waals surface area (Å²) in [6.07, 6.45) is 0.543. The average molecular weight is 515 g/mol. The Morgan fingerprint density at radius 2 is 1.59 bits per heavy atom. The summed E-state index contributed by atoms with van der Waals surface area (Å²) in [7, 11) is 1.49. The quantitative estimate of drug-likeness (QED) is 0.386. The van der Waals surface area contributed by atoms with E-state index in [1.807, 2.05) is 20.8 Å². The van der Waals surface area contributed by atoms with Crippen molar-refractivity contribution in [2.45, 2.75) is 76.9 Å².